The summed E-state index contributed by atoms with van der Waals surface area (Å²) >= 11 is 6.06. The second-order valence-electron chi connectivity index (χ2n) is 8.38. The third-order valence-corrected chi connectivity index (χ3v) is 5.85. The highest BCUT2D eigenvalue weighted by atomic mass is 35.5. The summed E-state index contributed by atoms with van der Waals surface area (Å²) in [4.78, 5) is 25.2. The Balaban J connectivity index is 1.48. The molecule has 0 unspecified atom stereocenters. The number of rotatable bonds is 8. The number of nitrogens with zero attached hydrogens (tertiary/aromatic N) is 2. The zero-order valence-electron chi connectivity index (χ0n) is 19.7. The molecule has 0 aliphatic heterocycles. The smallest absolute Gasteiger partial charge is 0.225 e. The van der Waals surface area contributed by atoms with Gasteiger partial charge < -0.3 is 10.6 Å². The van der Waals surface area contributed by atoms with Gasteiger partial charge in [-0.2, -0.15) is 5.10 Å². The van der Waals surface area contributed by atoms with Crippen molar-refractivity contribution in [2.24, 2.45) is 0 Å². The predicted molar refractivity (Wildman–Crippen MR) is 141 cm³/mol. The largest absolute Gasteiger partial charge is 0.326 e. The number of nitrogens with one attached hydrogen (secondary N) is 2. The van der Waals surface area contributed by atoms with Crippen molar-refractivity contribution in [3.8, 4) is 16.8 Å². The van der Waals surface area contributed by atoms with Crippen molar-refractivity contribution < 1.29 is 9.59 Å². The highest BCUT2D eigenvalue weighted by molar-refractivity contribution is 6.30. The number of hydrogen-bond acceptors (Lipinski definition) is 3. The lowest BCUT2D eigenvalue weighted by Gasteiger charge is -2.12. The van der Waals surface area contributed by atoms with Crippen LogP contribution < -0.4 is 10.6 Å². The first kappa shape index (κ1) is 24.2. The molecule has 7 heteroatoms. The van der Waals surface area contributed by atoms with Crippen molar-refractivity contribution in [2.45, 2.75) is 33.1 Å². The zero-order valence-corrected chi connectivity index (χ0v) is 20.5. The lowest BCUT2D eigenvalue weighted by Crippen LogP contribution is -2.17. The molecule has 1 aromatic heterocycles. The second-order valence-corrected chi connectivity index (χ2v) is 8.82. The first-order chi connectivity index (χ1) is 16.9. The van der Waals surface area contributed by atoms with E-state index in [-0.39, 0.29) is 24.7 Å². The van der Waals surface area contributed by atoms with Crippen LogP contribution in [-0.4, -0.2) is 21.6 Å². The van der Waals surface area contributed by atoms with E-state index in [2.05, 4.69) is 10.6 Å². The maximum Gasteiger partial charge on any atom is 0.225 e. The summed E-state index contributed by atoms with van der Waals surface area (Å²) in [5.41, 5.74) is 5.26. The Hall–Kier alpha value is -3.90. The van der Waals surface area contributed by atoms with Gasteiger partial charge >= 0.3 is 0 Å². The molecule has 0 radical (unpaired) electrons. The number of hydrogen-bond donors (Lipinski definition) is 2. The van der Waals surface area contributed by atoms with Gasteiger partial charge in [0.2, 0.25) is 11.8 Å². The number of benzene rings is 3. The summed E-state index contributed by atoms with van der Waals surface area (Å²) in [7, 11) is 0. The summed E-state index contributed by atoms with van der Waals surface area (Å²) in [5.74, 6) is 0.291. The van der Waals surface area contributed by atoms with E-state index in [0.717, 1.165) is 33.8 Å². The van der Waals surface area contributed by atoms with Crippen LogP contribution in [0.15, 0.2) is 78.9 Å². The molecule has 1 heterocycles. The number of halogens is 1. The van der Waals surface area contributed by atoms with Crippen LogP contribution in [0.1, 0.15) is 30.5 Å². The third kappa shape index (κ3) is 6.16. The SMILES string of the molecule is Cc1ccc(NC(=O)CCCC(=O)Nc2c(-c3ccccc3)c(C)nn2-c2ccc(Cl)cc2)cc1. The molecule has 0 bridgehead atoms. The quantitative estimate of drug-likeness (QED) is 0.296. The highest BCUT2D eigenvalue weighted by Crippen LogP contribution is 2.33. The van der Waals surface area contributed by atoms with Gasteiger partial charge in [0.05, 0.1) is 11.4 Å². The van der Waals surface area contributed by atoms with E-state index >= 15 is 0 Å². The Morgan fingerprint density at radius 3 is 2.11 bits per heavy atom. The fourth-order valence-corrected chi connectivity index (χ4v) is 3.95. The van der Waals surface area contributed by atoms with Crippen molar-refractivity contribution in [3.05, 3.63) is 95.1 Å². The molecule has 0 aliphatic rings. The molecule has 0 fully saturated rings. The van der Waals surface area contributed by atoms with E-state index in [1.165, 1.54) is 0 Å². The molecule has 3 aromatic carbocycles. The summed E-state index contributed by atoms with van der Waals surface area (Å²) < 4.78 is 1.72. The fraction of sp³-hybridized carbons (Fsp3) is 0.179. The van der Waals surface area contributed by atoms with Crippen molar-refractivity contribution in [2.75, 3.05) is 10.6 Å². The maximum atomic E-state index is 12.9. The van der Waals surface area contributed by atoms with Crippen molar-refractivity contribution >= 4 is 34.9 Å². The molecule has 4 aromatic rings. The summed E-state index contributed by atoms with van der Waals surface area (Å²) in [6.45, 7) is 3.91. The van der Waals surface area contributed by atoms with E-state index < -0.39 is 0 Å². The zero-order chi connectivity index (χ0) is 24.8. The van der Waals surface area contributed by atoms with Gasteiger partial charge in [-0.1, -0.05) is 59.6 Å². The fourth-order valence-electron chi connectivity index (χ4n) is 3.83. The number of aryl methyl sites for hydroxylation is 2. The molecule has 6 nitrogen and oxygen atoms in total. The van der Waals surface area contributed by atoms with Gasteiger partial charge in [0.25, 0.3) is 0 Å². The van der Waals surface area contributed by atoms with E-state index in [0.29, 0.717) is 17.3 Å². The minimum Gasteiger partial charge on any atom is -0.326 e. The van der Waals surface area contributed by atoms with Crippen LogP contribution in [0.5, 0.6) is 0 Å². The van der Waals surface area contributed by atoms with Gasteiger partial charge in [-0.3, -0.25) is 9.59 Å². The first-order valence-corrected chi connectivity index (χ1v) is 11.9. The molecule has 2 N–H and O–H groups in total. The molecule has 0 saturated heterocycles. The average Bonchev–Trinajstić information content (AvgIpc) is 3.17. The van der Waals surface area contributed by atoms with Gasteiger partial charge in [-0.05, 0) is 62.2 Å². The van der Waals surface area contributed by atoms with Crippen LogP contribution in [0.25, 0.3) is 16.8 Å². The number of carbonyl (C=O) groups is 2. The van der Waals surface area contributed by atoms with Gasteiger partial charge in [0, 0.05) is 29.1 Å². The average molecular weight is 487 g/mol. The normalized spacial score (nSPS) is 10.7. The van der Waals surface area contributed by atoms with Crippen LogP contribution in [0.2, 0.25) is 5.02 Å². The van der Waals surface area contributed by atoms with Crippen LogP contribution >= 0.6 is 11.6 Å². The Bertz CT molecular complexity index is 1310. The molecule has 2 amide bonds. The molecular weight excluding hydrogens is 460 g/mol. The number of anilines is 2. The van der Waals surface area contributed by atoms with Crippen molar-refractivity contribution in [1.29, 1.82) is 0 Å². The van der Waals surface area contributed by atoms with Crippen LogP contribution in [0.3, 0.4) is 0 Å². The van der Waals surface area contributed by atoms with Crippen LogP contribution in [-0.2, 0) is 9.59 Å². The minimum atomic E-state index is -0.180. The molecule has 0 aliphatic carbocycles. The molecule has 0 atom stereocenters. The van der Waals surface area contributed by atoms with Gasteiger partial charge in [-0.25, -0.2) is 4.68 Å². The van der Waals surface area contributed by atoms with Crippen molar-refractivity contribution in [3.63, 3.8) is 0 Å². The molecule has 0 spiro atoms. The predicted octanol–water partition coefficient (Wildman–Crippen LogP) is 6.56. The van der Waals surface area contributed by atoms with E-state index in [4.69, 9.17) is 16.7 Å². The van der Waals surface area contributed by atoms with Crippen LogP contribution in [0.4, 0.5) is 11.5 Å². The molecule has 178 valence electrons. The Morgan fingerprint density at radius 2 is 1.46 bits per heavy atom. The van der Waals surface area contributed by atoms with E-state index in [1.54, 1.807) is 16.8 Å². The lowest BCUT2D eigenvalue weighted by atomic mass is 10.1. The first-order valence-electron chi connectivity index (χ1n) is 11.5. The second kappa shape index (κ2) is 11.0. The topological polar surface area (TPSA) is 76.0 Å². The van der Waals surface area contributed by atoms with Gasteiger partial charge in [-0.15, -0.1) is 0 Å². The van der Waals surface area contributed by atoms with E-state index in [1.807, 2.05) is 80.6 Å². The highest BCUT2D eigenvalue weighted by Gasteiger charge is 2.20. The Morgan fingerprint density at radius 1 is 0.829 bits per heavy atom. The molecule has 4 rings (SSSR count). The Kier molecular flexibility index (Phi) is 7.63. The van der Waals surface area contributed by atoms with Crippen LogP contribution in [0, 0.1) is 13.8 Å². The molecular formula is C28H27ClN4O2. The molecule has 35 heavy (non-hydrogen) atoms. The lowest BCUT2D eigenvalue weighted by molar-refractivity contribution is -0.117. The van der Waals surface area contributed by atoms with Gasteiger partial charge in [0.1, 0.15) is 5.82 Å². The van der Waals surface area contributed by atoms with Gasteiger partial charge in [0.15, 0.2) is 0 Å². The summed E-state index contributed by atoms with van der Waals surface area (Å²) in [6, 6.07) is 24.7. The third-order valence-electron chi connectivity index (χ3n) is 5.59. The monoisotopic (exact) mass is 486 g/mol. The number of aromatic nitrogens is 2. The van der Waals surface area contributed by atoms with Crippen molar-refractivity contribution in [1.82, 2.24) is 9.78 Å². The summed E-state index contributed by atoms with van der Waals surface area (Å²) in [5, 5.41) is 11.2. The van der Waals surface area contributed by atoms with E-state index in [9.17, 15) is 9.59 Å². The summed E-state index contributed by atoms with van der Waals surface area (Å²) in [6.07, 6.45) is 0.890. The number of amides is 2. The Labute approximate surface area is 209 Å². The maximum absolute atomic E-state index is 12.9. The standard InChI is InChI=1S/C28H27ClN4O2/c1-19-11-15-23(16-12-19)30-25(34)9-6-10-26(35)31-28-27(21-7-4-3-5-8-21)20(2)32-33(28)24-17-13-22(29)14-18-24/h3-5,7-8,11-18H,6,9-10H2,1-2H3,(H,30,34)(H,31,35). The molecule has 0 saturated carbocycles. The number of carbonyl (C=O) groups excluding carboxylic acids is 2. The minimum absolute atomic E-state index is 0.117.